The fraction of sp³-hybridized carbons (Fsp3) is 0.385. The molecule has 2 N–H and O–H groups in total. The summed E-state index contributed by atoms with van der Waals surface area (Å²) in [4.78, 5) is 23.8. The van der Waals surface area contributed by atoms with Crippen LogP contribution in [-0.2, 0) is 9.59 Å². The molecule has 1 aromatic rings. The molecule has 0 aliphatic carbocycles. The van der Waals surface area contributed by atoms with Crippen molar-refractivity contribution in [2.75, 3.05) is 31.6 Å². The highest BCUT2D eigenvalue weighted by Gasteiger charge is 2.11. The molecule has 1 amide bonds. The summed E-state index contributed by atoms with van der Waals surface area (Å²) in [7, 11) is 1.58. The van der Waals surface area contributed by atoms with E-state index in [1.54, 1.807) is 7.11 Å². The van der Waals surface area contributed by atoms with Crippen molar-refractivity contribution in [2.45, 2.75) is 6.92 Å². The number of nitrogens with one attached hydrogen (secondary N) is 1. The summed E-state index contributed by atoms with van der Waals surface area (Å²) in [5, 5.41) is 10.8. The minimum absolute atomic E-state index is 0.108. The van der Waals surface area contributed by atoms with E-state index in [0.717, 1.165) is 5.69 Å². The zero-order chi connectivity index (χ0) is 14.3. The Hall–Kier alpha value is -2.24. The van der Waals surface area contributed by atoms with Crippen LogP contribution in [0.2, 0.25) is 0 Å². The van der Waals surface area contributed by atoms with Gasteiger partial charge in [0.15, 0.2) is 0 Å². The zero-order valence-corrected chi connectivity index (χ0v) is 11.0. The first-order chi connectivity index (χ1) is 9.06. The molecule has 0 radical (unpaired) electrons. The van der Waals surface area contributed by atoms with E-state index in [1.165, 1.54) is 0 Å². The van der Waals surface area contributed by atoms with Gasteiger partial charge in [-0.15, -0.1) is 0 Å². The van der Waals surface area contributed by atoms with E-state index >= 15 is 0 Å². The molecule has 0 saturated heterocycles. The summed E-state index contributed by atoms with van der Waals surface area (Å²) in [6, 6.07) is 7.36. The number of carbonyl (C=O) groups is 2. The van der Waals surface area contributed by atoms with Gasteiger partial charge in [-0.2, -0.15) is 0 Å². The topological polar surface area (TPSA) is 78.9 Å². The van der Waals surface area contributed by atoms with Crippen molar-refractivity contribution in [3.8, 4) is 5.75 Å². The second-order valence-electron chi connectivity index (χ2n) is 3.89. The van der Waals surface area contributed by atoms with Crippen LogP contribution in [0.5, 0.6) is 5.75 Å². The SMILES string of the molecule is CCN(CC(=O)NCC(=O)O)c1cccc(OC)c1. The quantitative estimate of drug-likeness (QED) is 0.760. The molecule has 0 heterocycles. The molecule has 1 aromatic carbocycles. The van der Waals surface area contributed by atoms with Crippen LogP contribution in [-0.4, -0.2) is 43.7 Å². The van der Waals surface area contributed by atoms with Gasteiger partial charge in [0.05, 0.1) is 13.7 Å². The van der Waals surface area contributed by atoms with Crippen molar-refractivity contribution < 1.29 is 19.4 Å². The number of anilines is 1. The Kier molecular flexibility index (Phi) is 5.66. The van der Waals surface area contributed by atoms with Crippen LogP contribution in [0, 0.1) is 0 Å². The Labute approximate surface area is 112 Å². The van der Waals surface area contributed by atoms with Crippen LogP contribution < -0.4 is 15.0 Å². The van der Waals surface area contributed by atoms with Gasteiger partial charge in [-0.1, -0.05) is 6.07 Å². The molecule has 0 aliphatic heterocycles. The summed E-state index contributed by atoms with van der Waals surface area (Å²) < 4.78 is 5.13. The third kappa shape index (κ3) is 4.87. The predicted molar refractivity (Wildman–Crippen MR) is 71.5 cm³/mol. The second kappa shape index (κ2) is 7.25. The molecule has 6 heteroatoms. The van der Waals surface area contributed by atoms with Gasteiger partial charge < -0.3 is 20.1 Å². The number of methoxy groups -OCH3 is 1. The monoisotopic (exact) mass is 266 g/mol. The van der Waals surface area contributed by atoms with E-state index in [4.69, 9.17) is 9.84 Å². The van der Waals surface area contributed by atoms with Gasteiger partial charge in [0.2, 0.25) is 5.91 Å². The molecular formula is C13H18N2O4. The molecule has 0 unspecified atom stereocenters. The molecular weight excluding hydrogens is 248 g/mol. The molecule has 104 valence electrons. The molecule has 0 spiro atoms. The number of carbonyl (C=O) groups excluding carboxylic acids is 1. The first kappa shape index (κ1) is 14.8. The number of aliphatic carboxylic acids is 1. The highest BCUT2D eigenvalue weighted by atomic mass is 16.5. The fourth-order valence-corrected chi connectivity index (χ4v) is 1.60. The number of nitrogens with zero attached hydrogens (tertiary/aromatic N) is 1. The van der Waals surface area contributed by atoms with Crippen molar-refractivity contribution in [1.82, 2.24) is 5.32 Å². The number of amides is 1. The first-order valence-corrected chi connectivity index (χ1v) is 5.94. The number of ether oxygens (including phenoxy) is 1. The summed E-state index contributed by atoms with van der Waals surface area (Å²) >= 11 is 0. The van der Waals surface area contributed by atoms with E-state index < -0.39 is 5.97 Å². The Morgan fingerprint density at radius 1 is 1.42 bits per heavy atom. The lowest BCUT2D eigenvalue weighted by molar-refractivity contribution is -0.137. The second-order valence-corrected chi connectivity index (χ2v) is 3.89. The fourth-order valence-electron chi connectivity index (χ4n) is 1.60. The Morgan fingerprint density at radius 3 is 2.74 bits per heavy atom. The van der Waals surface area contributed by atoms with Crippen molar-refractivity contribution >= 4 is 17.6 Å². The highest BCUT2D eigenvalue weighted by molar-refractivity contribution is 5.84. The molecule has 1 rings (SSSR count). The van der Waals surface area contributed by atoms with Crippen LogP contribution in [0.25, 0.3) is 0 Å². The van der Waals surface area contributed by atoms with Crippen molar-refractivity contribution in [1.29, 1.82) is 0 Å². The average Bonchev–Trinajstić information content (AvgIpc) is 2.42. The number of hydrogen-bond donors (Lipinski definition) is 2. The van der Waals surface area contributed by atoms with Gasteiger partial charge in [0.1, 0.15) is 12.3 Å². The maximum Gasteiger partial charge on any atom is 0.322 e. The van der Waals surface area contributed by atoms with Crippen LogP contribution in [0.4, 0.5) is 5.69 Å². The lowest BCUT2D eigenvalue weighted by Crippen LogP contribution is -2.39. The average molecular weight is 266 g/mol. The summed E-state index contributed by atoms with van der Waals surface area (Å²) in [5.74, 6) is -0.674. The van der Waals surface area contributed by atoms with Crippen LogP contribution in [0.3, 0.4) is 0 Å². The Bertz CT molecular complexity index is 448. The van der Waals surface area contributed by atoms with Crippen molar-refractivity contribution in [3.05, 3.63) is 24.3 Å². The highest BCUT2D eigenvalue weighted by Crippen LogP contribution is 2.20. The predicted octanol–water partition coefficient (Wildman–Crippen LogP) is 0.722. The molecule has 0 aromatic heterocycles. The minimum Gasteiger partial charge on any atom is -0.497 e. The molecule has 0 atom stereocenters. The van der Waals surface area contributed by atoms with E-state index in [2.05, 4.69) is 5.32 Å². The molecule has 0 fully saturated rings. The van der Waals surface area contributed by atoms with Gasteiger partial charge in [-0.05, 0) is 19.1 Å². The Balaban J connectivity index is 2.66. The largest absolute Gasteiger partial charge is 0.497 e. The number of hydrogen-bond acceptors (Lipinski definition) is 4. The molecule has 0 aliphatic rings. The smallest absolute Gasteiger partial charge is 0.322 e. The summed E-state index contributed by atoms with van der Waals surface area (Å²) in [6.07, 6.45) is 0. The molecule has 19 heavy (non-hydrogen) atoms. The van der Waals surface area contributed by atoms with E-state index in [0.29, 0.717) is 12.3 Å². The van der Waals surface area contributed by atoms with Gasteiger partial charge >= 0.3 is 5.97 Å². The van der Waals surface area contributed by atoms with E-state index in [1.807, 2.05) is 36.1 Å². The number of carboxylic acid groups (broad SMARTS) is 1. The lowest BCUT2D eigenvalue weighted by Gasteiger charge is -2.22. The van der Waals surface area contributed by atoms with E-state index in [9.17, 15) is 9.59 Å². The standard InChI is InChI=1S/C13H18N2O4/c1-3-15(9-12(16)14-8-13(17)18)10-5-4-6-11(7-10)19-2/h4-7H,3,8-9H2,1-2H3,(H,14,16)(H,17,18). The molecule has 0 saturated carbocycles. The summed E-state index contributed by atoms with van der Waals surface area (Å²) in [6.45, 7) is 2.29. The van der Waals surface area contributed by atoms with Gasteiger partial charge in [-0.25, -0.2) is 0 Å². The molecule has 0 bridgehead atoms. The third-order valence-electron chi connectivity index (χ3n) is 2.57. The van der Waals surface area contributed by atoms with Crippen molar-refractivity contribution in [2.24, 2.45) is 0 Å². The molecule has 6 nitrogen and oxygen atoms in total. The Morgan fingerprint density at radius 2 is 2.16 bits per heavy atom. The van der Waals surface area contributed by atoms with Crippen molar-refractivity contribution in [3.63, 3.8) is 0 Å². The van der Waals surface area contributed by atoms with E-state index in [-0.39, 0.29) is 19.0 Å². The summed E-state index contributed by atoms with van der Waals surface area (Å²) in [5.41, 5.74) is 0.854. The maximum atomic E-state index is 11.6. The zero-order valence-electron chi connectivity index (χ0n) is 11.0. The lowest BCUT2D eigenvalue weighted by atomic mass is 10.2. The maximum absolute atomic E-state index is 11.6. The van der Waals surface area contributed by atoms with Crippen LogP contribution in [0.1, 0.15) is 6.92 Å². The number of likely N-dealkylation sites (N-methyl/N-ethyl adjacent to an activating group) is 1. The first-order valence-electron chi connectivity index (χ1n) is 5.94. The van der Waals surface area contributed by atoms with Crippen LogP contribution >= 0.6 is 0 Å². The van der Waals surface area contributed by atoms with Gasteiger partial charge in [0, 0.05) is 18.3 Å². The number of benzene rings is 1. The van der Waals surface area contributed by atoms with Crippen LogP contribution in [0.15, 0.2) is 24.3 Å². The van der Waals surface area contributed by atoms with Gasteiger partial charge in [-0.3, -0.25) is 9.59 Å². The minimum atomic E-state index is -1.06. The van der Waals surface area contributed by atoms with Gasteiger partial charge in [0.25, 0.3) is 0 Å². The normalized spacial score (nSPS) is 9.79. The number of rotatable bonds is 7. The number of carboxylic acids is 1. The third-order valence-corrected chi connectivity index (χ3v) is 2.57.